The lowest BCUT2D eigenvalue weighted by Crippen LogP contribution is -2.66. The summed E-state index contributed by atoms with van der Waals surface area (Å²) in [5, 5.41) is 32.1. The predicted octanol–water partition coefficient (Wildman–Crippen LogP) is 3.18. The molecule has 0 aromatic heterocycles. The quantitative estimate of drug-likeness (QED) is 0.520. The number of hydrogen-bond acceptors (Lipinski definition) is 5. The van der Waals surface area contributed by atoms with Crippen LogP contribution in [-0.4, -0.2) is 45.7 Å². The van der Waals surface area contributed by atoms with Gasteiger partial charge in [-0.15, -0.1) is 0 Å². The summed E-state index contributed by atoms with van der Waals surface area (Å²) in [4.78, 5) is 12.7. The van der Waals surface area contributed by atoms with Crippen molar-refractivity contribution in [1.29, 1.82) is 0 Å². The van der Waals surface area contributed by atoms with Crippen LogP contribution >= 0.6 is 0 Å². The predicted molar refractivity (Wildman–Crippen MR) is 112 cm³/mol. The average molecular weight is 403 g/mol. The highest BCUT2D eigenvalue weighted by Gasteiger charge is 2.62. The summed E-state index contributed by atoms with van der Waals surface area (Å²) in [5.41, 5.74) is -1.07. The van der Waals surface area contributed by atoms with Gasteiger partial charge in [0.1, 0.15) is 6.10 Å². The first-order valence-electron chi connectivity index (χ1n) is 10.7. The molecule has 1 aromatic carbocycles. The van der Waals surface area contributed by atoms with E-state index in [0.717, 1.165) is 18.4 Å². The SMILES string of the molecule is CC(C)[C@@H]1CC[C@@]2(C)[C@H](O)CC[C@](O)(CO)[C@@H]2[C@@H]1OC(=O)C=Cc1ccccc1. The molecule has 29 heavy (non-hydrogen) atoms. The van der Waals surface area contributed by atoms with Crippen LogP contribution in [0.25, 0.3) is 6.08 Å². The van der Waals surface area contributed by atoms with Crippen LogP contribution in [0.3, 0.4) is 0 Å². The Hall–Kier alpha value is -1.69. The molecule has 5 heteroatoms. The number of fused-ring (bicyclic) bond motifs is 1. The van der Waals surface area contributed by atoms with Gasteiger partial charge in [0.15, 0.2) is 0 Å². The molecule has 2 aliphatic carbocycles. The number of aliphatic hydroxyl groups is 3. The zero-order valence-corrected chi connectivity index (χ0v) is 17.6. The molecule has 0 heterocycles. The Balaban J connectivity index is 1.90. The Kier molecular flexibility index (Phi) is 6.51. The molecule has 0 unspecified atom stereocenters. The number of hydrogen-bond donors (Lipinski definition) is 3. The van der Waals surface area contributed by atoms with Crippen molar-refractivity contribution >= 4 is 12.0 Å². The molecule has 5 nitrogen and oxygen atoms in total. The zero-order chi connectivity index (χ0) is 21.2. The van der Waals surface area contributed by atoms with E-state index >= 15 is 0 Å². The lowest BCUT2D eigenvalue weighted by atomic mass is 9.50. The molecule has 3 N–H and O–H groups in total. The van der Waals surface area contributed by atoms with Crippen LogP contribution in [0.1, 0.15) is 52.0 Å². The normalized spacial score (nSPS) is 37.5. The monoisotopic (exact) mass is 402 g/mol. The third-order valence-electron chi connectivity index (χ3n) is 7.26. The molecule has 0 spiro atoms. The maximum Gasteiger partial charge on any atom is 0.331 e. The summed E-state index contributed by atoms with van der Waals surface area (Å²) < 4.78 is 5.96. The number of aliphatic hydroxyl groups excluding tert-OH is 2. The van der Waals surface area contributed by atoms with Crippen molar-refractivity contribution in [1.82, 2.24) is 0 Å². The summed E-state index contributed by atoms with van der Waals surface area (Å²) in [6.45, 7) is 5.73. The number of ether oxygens (including phenoxy) is 1. The maximum atomic E-state index is 12.7. The molecule has 2 saturated carbocycles. The number of carbonyl (C=O) groups is 1. The highest BCUT2D eigenvalue weighted by Crippen LogP contribution is 2.57. The van der Waals surface area contributed by atoms with Gasteiger partial charge < -0.3 is 20.1 Å². The molecule has 0 amide bonds. The van der Waals surface area contributed by atoms with Gasteiger partial charge in [-0.2, -0.15) is 0 Å². The van der Waals surface area contributed by atoms with Crippen LogP contribution in [0, 0.1) is 23.2 Å². The Morgan fingerprint density at radius 3 is 2.55 bits per heavy atom. The van der Waals surface area contributed by atoms with Gasteiger partial charge in [-0.25, -0.2) is 4.79 Å². The largest absolute Gasteiger partial charge is 0.458 e. The van der Waals surface area contributed by atoms with Crippen LogP contribution < -0.4 is 0 Å². The minimum absolute atomic E-state index is 0.0607. The van der Waals surface area contributed by atoms with Gasteiger partial charge >= 0.3 is 5.97 Å². The van der Waals surface area contributed by atoms with Crippen molar-refractivity contribution in [2.24, 2.45) is 23.2 Å². The van der Waals surface area contributed by atoms with Crippen molar-refractivity contribution in [3.63, 3.8) is 0 Å². The molecule has 0 radical (unpaired) electrons. The second kappa shape index (κ2) is 8.58. The average Bonchev–Trinajstić information content (AvgIpc) is 2.70. The minimum Gasteiger partial charge on any atom is -0.458 e. The van der Waals surface area contributed by atoms with Crippen LogP contribution in [0.2, 0.25) is 0 Å². The summed E-state index contributed by atoms with van der Waals surface area (Å²) in [7, 11) is 0. The van der Waals surface area contributed by atoms with E-state index in [2.05, 4.69) is 13.8 Å². The minimum atomic E-state index is -1.37. The van der Waals surface area contributed by atoms with Gasteiger partial charge in [0.05, 0.1) is 18.3 Å². The Bertz CT molecular complexity index is 730. The van der Waals surface area contributed by atoms with E-state index in [0.29, 0.717) is 12.8 Å². The summed E-state index contributed by atoms with van der Waals surface area (Å²) >= 11 is 0. The van der Waals surface area contributed by atoms with Gasteiger partial charge in [0, 0.05) is 17.4 Å². The van der Waals surface area contributed by atoms with Gasteiger partial charge in [-0.1, -0.05) is 51.1 Å². The van der Waals surface area contributed by atoms with Crippen LogP contribution in [0.15, 0.2) is 36.4 Å². The fraction of sp³-hybridized carbons (Fsp3) is 0.625. The molecule has 3 rings (SSSR count). The Labute approximate surface area is 173 Å². The zero-order valence-electron chi connectivity index (χ0n) is 17.6. The van der Waals surface area contributed by atoms with E-state index in [9.17, 15) is 20.1 Å². The fourth-order valence-electron chi connectivity index (χ4n) is 5.53. The number of benzene rings is 1. The van der Waals surface area contributed by atoms with Crippen molar-refractivity contribution in [2.75, 3.05) is 6.61 Å². The van der Waals surface area contributed by atoms with Crippen LogP contribution in [0.5, 0.6) is 0 Å². The molecule has 2 fully saturated rings. The Morgan fingerprint density at radius 1 is 1.24 bits per heavy atom. The number of rotatable bonds is 5. The van der Waals surface area contributed by atoms with Gasteiger partial charge in [0.2, 0.25) is 0 Å². The standard InChI is InChI=1S/C24H34O5/c1-16(2)18-11-13-23(3)19(26)12-14-24(28,15-25)22(23)21(18)29-20(27)10-9-17-7-5-4-6-8-17/h4-10,16,18-19,21-22,25-26,28H,11-15H2,1-3H3/t18-,19+,21+,22+,23-,24-/m0/s1. The van der Waals surface area contributed by atoms with Gasteiger partial charge in [-0.05, 0) is 49.2 Å². The van der Waals surface area contributed by atoms with Gasteiger partial charge in [-0.3, -0.25) is 0 Å². The van der Waals surface area contributed by atoms with E-state index in [4.69, 9.17) is 4.74 Å². The fourth-order valence-corrected chi connectivity index (χ4v) is 5.53. The van der Waals surface area contributed by atoms with E-state index in [1.165, 1.54) is 6.08 Å². The molecular formula is C24H34O5. The molecular weight excluding hydrogens is 368 g/mol. The Morgan fingerprint density at radius 2 is 1.93 bits per heavy atom. The topological polar surface area (TPSA) is 87.0 Å². The number of carbonyl (C=O) groups excluding carboxylic acids is 1. The van der Waals surface area contributed by atoms with Crippen molar-refractivity contribution in [3.8, 4) is 0 Å². The third kappa shape index (κ3) is 4.27. The molecule has 0 aliphatic heterocycles. The lowest BCUT2D eigenvalue weighted by molar-refractivity contribution is -0.241. The maximum absolute atomic E-state index is 12.7. The summed E-state index contributed by atoms with van der Waals surface area (Å²) in [5.74, 6) is -0.670. The highest BCUT2D eigenvalue weighted by atomic mass is 16.5. The third-order valence-corrected chi connectivity index (χ3v) is 7.26. The van der Waals surface area contributed by atoms with E-state index < -0.39 is 41.7 Å². The first-order valence-corrected chi connectivity index (χ1v) is 10.7. The molecule has 6 atom stereocenters. The van der Waals surface area contributed by atoms with E-state index in [-0.39, 0.29) is 11.8 Å². The van der Waals surface area contributed by atoms with Crippen LogP contribution in [0.4, 0.5) is 0 Å². The van der Waals surface area contributed by atoms with E-state index in [1.54, 1.807) is 6.08 Å². The van der Waals surface area contributed by atoms with Crippen molar-refractivity contribution in [3.05, 3.63) is 42.0 Å². The summed E-state index contributed by atoms with van der Waals surface area (Å²) in [6.07, 6.45) is 4.25. The van der Waals surface area contributed by atoms with Crippen molar-refractivity contribution in [2.45, 2.75) is 64.3 Å². The first kappa shape index (κ1) is 22.0. The second-order valence-electron chi connectivity index (χ2n) is 9.39. The second-order valence-corrected chi connectivity index (χ2v) is 9.39. The highest BCUT2D eigenvalue weighted by molar-refractivity contribution is 5.87. The molecule has 160 valence electrons. The molecule has 2 aliphatic rings. The van der Waals surface area contributed by atoms with Crippen LogP contribution in [-0.2, 0) is 9.53 Å². The first-order chi connectivity index (χ1) is 13.7. The smallest absolute Gasteiger partial charge is 0.331 e. The van der Waals surface area contributed by atoms with Crippen molar-refractivity contribution < 1.29 is 24.9 Å². The van der Waals surface area contributed by atoms with Gasteiger partial charge in [0.25, 0.3) is 0 Å². The molecule has 0 bridgehead atoms. The molecule has 0 saturated heterocycles. The number of esters is 1. The molecule has 1 aromatic rings. The van der Waals surface area contributed by atoms with E-state index in [1.807, 2.05) is 37.3 Å². The summed E-state index contributed by atoms with van der Waals surface area (Å²) in [6, 6.07) is 9.52. The lowest BCUT2D eigenvalue weighted by Gasteiger charge is -2.59.